The Labute approximate surface area is 104 Å². The first-order valence-corrected chi connectivity index (χ1v) is 5.43. The maximum Gasteiger partial charge on any atom is 0.274 e. The third-order valence-corrected chi connectivity index (χ3v) is 2.41. The zero-order valence-electron chi connectivity index (χ0n) is 10.2. The highest BCUT2D eigenvalue weighted by atomic mass is 16.3. The molecule has 1 aromatic rings. The van der Waals surface area contributed by atoms with Crippen molar-refractivity contribution in [1.29, 1.82) is 0 Å². The molecule has 7 N–H and O–H groups in total. The fraction of sp³-hybridized carbons (Fsp3) is 0.500. The maximum absolute atomic E-state index is 11.7. The second-order valence-electron chi connectivity index (χ2n) is 4.18. The summed E-state index contributed by atoms with van der Waals surface area (Å²) in [7, 11) is 0. The van der Waals surface area contributed by atoms with Crippen LogP contribution in [0.1, 0.15) is 35.9 Å². The zero-order chi connectivity index (χ0) is 13.9. The van der Waals surface area contributed by atoms with E-state index in [2.05, 4.69) is 15.5 Å². The number of aromatic amines is 1. The van der Waals surface area contributed by atoms with Gasteiger partial charge in [-0.1, -0.05) is 13.8 Å². The van der Waals surface area contributed by atoms with Crippen LogP contribution in [0.4, 0.5) is 5.69 Å². The van der Waals surface area contributed by atoms with Crippen LogP contribution in [-0.2, 0) is 4.79 Å². The lowest BCUT2D eigenvalue weighted by Crippen LogP contribution is -2.40. The summed E-state index contributed by atoms with van der Waals surface area (Å²) in [6.07, 6.45) is -1.43. The molecule has 0 aliphatic heterocycles. The number of aliphatic hydroxyl groups excluding tert-OH is 1. The minimum absolute atomic E-state index is 0.0374. The van der Waals surface area contributed by atoms with Crippen molar-refractivity contribution in [1.82, 2.24) is 15.5 Å². The predicted molar refractivity (Wildman–Crippen MR) is 64.6 cm³/mol. The smallest absolute Gasteiger partial charge is 0.274 e. The molecule has 0 aromatic carbocycles. The van der Waals surface area contributed by atoms with Gasteiger partial charge < -0.3 is 21.9 Å². The van der Waals surface area contributed by atoms with Gasteiger partial charge in [0.05, 0.1) is 17.9 Å². The number of nitrogens with zero attached hydrogens (tertiary/aromatic N) is 1. The van der Waals surface area contributed by atoms with Gasteiger partial charge >= 0.3 is 0 Å². The largest absolute Gasteiger partial charge is 0.395 e. The van der Waals surface area contributed by atoms with Crippen LogP contribution in [-0.4, -0.2) is 39.8 Å². The van der Waals surface area contributed by atoms with Crippen molar-refractivity contribution in [3.63, 3.8) is 0 Å². The molecule has 1 atom stereocenters. The molecule has 0 aliphatic rings. The van der Waals surface area contributed by atoms with E-state index in [-0.39, 0.29) is 23.8 Å². The van der Waals surface area contributed by atoms with Crippen molar-refractivity contribution in [2.24, 2.45) is 5.73 Å². The van der Waals surface area contributed by atoms with E-state index in [0.29, 0.717) is 5.69 Å². The summed E-state index contributed by atoms with van der Waals surface area (Å²) in [5.74, 6) is -1.38. The molecular formula is C10H17N5O3. The molecule has 100 valence electrons. The van der Waals surface area contributed by atoms with E-state index in [9.17, 15) is 9.59 Å². The fourth-order valence-corrected chi connectivity index (χ4v) is 1.35. The van der Waals surface area contributed by atoms with E-state index in [1.54, 1.807) is 0 Å². The Bertz CT molecular complexity index is 454. The highest BCUT2D eigenvalue weighted by molar-refractivity contribution is 5.98. The van der Waals surface area contributed by atoms with Crippen LogP contribution in [0.25, 0.3) is 0 Å². The second kappa shape index (κ2) is 5.50. The SMILES string of the molecule is CC(C)c1[nH]nc(C(=O)NCC(O)C(N)=O)c1N. The van der Waals surface area contributed by atoms with Crippen LogP contribution in [0.2, 0.25) is 0 Å². The Kier molecular flexibility index (Phi) is 4.27. The topological polar surface area (TPSA) is 147 Å². The van der Waals surface area contributed by atoms with E-state index in [4.69, 9.17) is 16.6 Å². The number of nitrogen functional groups attached to an aromatic ring is 1. The van der Waals surface area contributed by atoms with Crippen molar-refractivity contribution in [2.75, 3.05) is 12.3 Å². The maximum atomic E-state index is 11.7. The number of nitrogens with one attached hydrogen (secondary N) is 2. The Hall–Kier alpha value is -2.09. The summed E-state index contributed by atoms with van der Waals surface area (Å²) in [6.45, 7) is 3.53. The van der Waals surface area contributed by atoms with Crippen LogP contribution in [0, 0.1) is 0 Å². The van der Waals surface area contributed by atoms with Crippen LogP contribution in [0.3, 0.4) is 0 Å². The predicted octanol–water partition coefficient (Wildman–Crippen LogP) is -1.31. The monoisotopic (exact) mass is 255 g/mol. The number of carbonyl (C=O) groups is 2. The first-order chi connectivity index (χ1) is 8.34. The number of hydrogen-bond acceptors (Lipinski definition) is 5. The Morgan fingerprint density at radius 3 is 2.56 bits per heavy atom. The summed E-state index contributed by atoms with van der Waals surface area (Å²) >= 11 is 0. The lowest BCUT2D eigenvalue weighted by Gasteiger charge is -2.07. The minimum atomic E-state index is -1.43. The molecule has 8 nitrogen and oxygen atoms in total. The van der Waals surface area contributed by atoms with Gasteiger partial charge in [-0.3, -0.25) is 14.7 Å². The number of aromatic nitrogens is 2. The first-order valence-electron chi connectivity index (χ1n) is 5.43. The van der Waals surface area contributed by atoms with Gasteiger partial charge in [0.2, 0.25) is 5.91 Å². The van der Waals surface area contributed by atoms with Crippen molar-refractivity contribution in [3.8, 4) is 0 Å². The Morgan fingerprint density at radius 2 is 2.11 bits per heavy atom. The number of primary amides is 1. The standard InChI is InChI=1S/C10H17N5O3/c1-4(2)7-6(11)8(15-14-7)10(18)13-3-5(16)9(12)17/h4-5,16H,3,11H2,1-2H3,(H2,12,17)(H,13,18)(H,14,15). The molecule has 0 spiro atoms. The Morgan fingerprint density at radius 1 is 1.50 bits per heavy atom. The third-order valence-electron chi connectivity index (χ3n) is 2.41. The number of aliphatic hydroxyl groups is 1. The van der Waals surface area contributed by atoms with Gasteiger partial charge in [-0.25, -0.2) is 0 Å². The van der Waals surface area contributed by atoms with Gasteiger partial charge in [0, 0.05) is 0 Å². The molecule has 1 aromatic heterocycles. The van der Waals surface area contributed by atoms with Crippen molar-refractivity contribution in [3.05, 3.63) is 11.4 Å². The lowest BCUT2D eigenvalue weighted by atomic mass is 10.1. The summed E-state index contributed by atoms with van der Waals surface area (Å²) in [4.78, 5) is 22.3. The first kappa shape index (κ1) is 14.0. The molecule has 1 rings (SSSR count). The van der Waals surface area contributed by atoms with Gasteiger partial charge in [-0.05, 0) is 5.92 Å². The number of hydrogen-bond donors (Lipinski definition) is 5. The molecule has 1 heterocycles. The van der Waals surface area contributed by atoms with Gasteiger partial charge in [-0.2, -0.15) is 5.10 Å². The third kappa shape index (κ3) is 2.98. The molecule has 0 saturated carbocycles. The molecule has 0 radical (unpaired) electrons. The summed E-state index contributed by atoms with van der Waals surface area (Å²) in [5.41, 5.74) is 11.6. The number of rotatable bonds is 5. The highest BCUT2D eigenvalue weighted by Crippen LogP contribution is 2.21. The van der Waals surface area contributed by atoms with Crippen molar-refractivity contribution in [2.45, 2.75) is 25.9 Å². The van der Waals surface area contributed by atoms with E-state index in [0.717, 1.165) is 0 Å². The van der Waals surface area contributed by atoms with Gasteiger partial charge in [-0.15, -0.1) is 0 Å². The van der Waals surface area contributed by atoms with E-state index >= 15 is 0 Å². The van der Waals surface area contributed by atoms with E-state index < -0.39 is 17.9 Å². The number of H-pyrrole nitrogens is 1. The van der Waals surface area contributed by atoms with E-state index in [1.807, 2.05) is 13.8 Å². The molecule has 0 fully saturated rings. The molecule has 18 heavy (non-hydrogen) atoms. The number of amides is 2. The average molecular weight is 255 g/mol. The normalized spacial score (nSPS) is 12.4. The van der Waals surface area contributed by atoms with Gasteiger partial charge in [0.25, 0.3) is 5.91 Å². The molecule has 8 heteroatoms. The van der Waals surface area contributed by atoms with Gasteiger partial charge in [0.15, 0.2) is 5.69 Å². The van der Waals surface area contributed by atoms with Crippen LogP contribution in [0.5, 0.6) is 0 Å². The molecule has 0 bridgehead atoms. The number of nitrogens with two attached hydrogens (primary N) is 2. The average Bonchev–Trinajstić information content (AvgIpc) is 2.67. The van der Waals surface area contributed by atoms with Crippen LogP contribution in [0.15, 0.2) is 0 Å². The van der Waals surface area contributed by atoms with E-state index in [1.165, 1.54) is 0 Å². The highest BCUT2D eigenvalue weighted by Gasteiger charge is 2.20. The summed E-state index contributed by atoms with van der Waals surface area (Å²) in [6, 6.07) is 0. The number of carbonyl (C=O) groups excluding carboxylic acids is 2. The van der Waals surface area contributed by atoms with Crippen LogP contribution < -0.4 is 16.8 Å². The molecule has 1 unspecified atom stereocenters. The van der Waals surface area contributed by atoms with Crippen molar-refractivity contribution < 1.29 is 14.7 Å². The second-order valence-corrected chi connectivity index (χ2v) is 4.18. The summed E-state index contributed by atoms with van der Waals surface area (Å²) < 4.78 is 0. The fourth-order valence-electron chi connectivity index (χ4n) is 1.35. The quantitative estimate of drug-likeness (QED) is 0.443. The van der Waals surface area contributed by atoms with Crippen molar-refractivity contribution >= 4 is 17.5 Å². The number of anilines is 1. The Balaban J connectivity index is 2.71. The van der Waals surface area contributed by atoms with Gasteiger partial charge in [0.1, 0.15) is 6.10 Å². The van der Waals surface area contributed by atoms with Crippen LogP contribution >= 0.6 is 0 Å². The summed E-state index contributed by atoms with van der Waals surface area (Å²) in [5, 5.41) is 17.9. The molecule has 2 amide bonds. The minimum Gasteiger partial charge on any atom is -0.395 e. The zero-order valence-corrected chi connectivity index (χ0v) is 10.2. The molecule has 0 aliphatic carbocycles. The molecule has 0 saturated heterocycles. The lowest BCUT2D eigenvalue weighted by molar-refractivity contribution is -0.125. The molecular weight excluding hydrogens is 238 g/mol.